The van der Waals surface area contributed by atoms with E-state index in [1.807, 2.05) is 0 Å². The summed E-state index contributed by atoms with van der Waals surface area (Å²) >= 11 is 0. The molecule has 2 aromatic heterocycles. The summed E-state index contributed by atoms with van der Waals surface area (Å²) in [6.07, 6.45) is 1.57. The first-order chi connectivity index (χ1) is 8.53. The highest BCUT2D eigenvalue weighted by Crippen LogP contribution is 2.19. The molecule has 0 fully saturated rings. The highest BCUT2D eigenvalue weighted by atomic mass is 32.2. The van der Waals surface area contributed by atoms with Crippen molar-refractivity contribution in [3.63, 3.8) is 0 Å². The van der Waals surface area contributed by atoms with Crippen LogP contribution in [0.1, 0.15) is 11.5 Å². The van der Waals surface area contributed by atoms with Gasteiger partial charge in [-0.1, -0.05) is 0 Å². The summed E-state index contributed by atoms with van der Waals surface area (Å²) in [6, 6.07) is 5.94. The number of hydrogen-bond acceptors (Lipinski definition) is 5. The lowest BCUT2D eigenvalue weighted by molar-refractivity contribution is 0.236. The summed E-state index contributed by atoms with van der Waals surface area (Å²) in [5, 5.41) is 8.59. The zero-order valence-electron chi connectivity index (χ0n) is 9.62. The lowest BCUT2D eigenvalue weighted by atomic mass is 10.3. The van der Waals surface area contributed by atoms with Gasteiger partial charge in [0.05, 0.1) is 11.4 Å². The standard InChI is InChI=1S/C11H12N2O4S/c1-8-10(3-2-6-12-8)13-18(15,16)11-5-4-9(7-14)17-11/h2-6,13-14H,7H2,1H3. The molecule has 96 valence electrons. The predicted molar refractivity (Wildman–Crippen MR) is 64.4 cm³/mol. The highest BCUT2D eigenvalue weighted by molar-refractivity contribution is 7.92. The Morgan fingerprint density at radius 2 is 2.17 bits per heavy atom. The molecular formula is C11H12N2O4S. The Hall–Kier alpha value is -1.86. The van der Waals surface area contributed by atoms with E-state index in [0.29, 0.717) is 11.4 Å². The van der Waals surface area contributed by atoms with Gasteiger partial charge in [0, 0.05) is 6.20 Å². The summed E-state index contributed by atoms with van der Waals surface area (Å²) in [5.41, 5.74) is 0.953. The number of hydrogen-bond donors (Lipinski definition) is 2. The van der Waals surface area contributed by atoms with E-state index in [9.17, 15) is 8.42 Å². The fourth-order valence-electron chi connectivity index (χ4n) is 1.37. The first-order valence-electron chi connectivity index (χ1n) is 5.17. The Morgan fingerprint density at radius 1 is 1.39 bits per heavy atom. The van der Waals surface area contributed by atoms with Crippen molar-refractivity contribution in [3.05, 3.63) is 41.9 Å². The van der Waals surface area contributed by atoms with Gasteiger partial charge in [0.2, 0.25) is 5.09 Å². The molecule has 2 N–H and O–H groups in total. The van der Waals surface area contributed by atoms with Crippen LogP contribution in [0.5, 0.6) is 0 Å². The second-order valence-corrected chi connectivity index (χ2v) is 5.23. The molecule has 0 saturated heterocycles. The number of anilines is 1. The van der Waals surface area contributed by atoms with Gasteiger partial charge >= 0.3 is 0 Å². The van der Waals surface area contributed by atoms with E-state index in [-0.39, 0.29) is 17.5 Å². The molecule has 0 bridgehead atoms. The van der Waals surface area contributed by atoms with Crippen molar-refractivity contribution in [2.75, 3.05) is 4.72 Å². The third kappa shape index (κ3) is 2.52. The first-order valence-corrected chi connectivity index (χ1v) is 6.65. The maximum absolute atomic E-state index is 12.0. The Bertz CT molecular complexity index is 649. The summed E-state index contributed by atoms with van der Waals surface area (Å²) in [7, 11) is -3.79. The van der Waals surface area contributed by atoms with Crippen LogP contribution in [0, 0.1) is 6.92 Å². The number of sulfonamides is 1. The molecule has 0 aliphatic heterocycles. The van der Waals surface area contributed by atoms with Gasteiger partial charge < -0.3 is 9.52 Å². The number of aliphatic hydroxyl groups excluding tert-OH is 1. The van der Waals surface area contributed by atoms with Gasteiger partial charge in [-0.25, -0.2) is 0 Å². The van der Waals surface area contributed by atoms with Crippen LogP contribution in [0.2, 0.25) is 0 Å². The third-order valence-corrected chi connectivity index (χ3v) is 3.55. The summed E-state index contributed by atoms with van der Waals surface area (Å²) in [5.74, 6) is 0.193. The average Bonchev–Trinajstić information content (AvgIpc) is 2.81. The molecule has 2 heterocycles. The lowest BCUT2D eigenvalue weighted by Crippen LogP contribution is -2.13. The fraction of sp³-hybridized carbons (Fsp3) is 0.182. The van der Waals surface area contributed by atoms with E-state index in [1.165, 1.54) is 12.1 Å². The Labute approximate surface area is 104 Å². The molecule has 7 heteroatoms. The van der Waals surface area contributed by atoms with Crippen LogP contribution in [0.3, 0.4) is 0 Å². The number of aryl methyl sites for hydroxylation is 1. The molecule has 0 unspecified atom stereocenters. The van der Waals surface area contributed by atoms with Crippen LogP contribution in [0.4, 0.5) is 5.69 Å². The Morgan fingerprint density at radius 3 is 2.78 bits per heavy atom. The summed E-state index contributed by atoms with van der Waals surface area (Å²) in [6.45, 7) is 1.35. The topological polar surface area (TPSA) is 92.4 Å². The second-order valence-electron chi connectivity index (χ2n) is 3.62. The number of aliphatic hydroxyl groups is 1. The van der Waals surface area contributed by atoms with E-state index in [2.05, 4.69) is 9.71 Å². The molecule has 0 aliphatic rings. The molecule has 18 heavy (non-hydrogen) atoms. The molecule has 6 nitrogen and oxygen atoms in total. The van der Waals surface area contributed by atoms with Crippen LogP contribution < -0.4 is 4.72 Å². The highest BCUT2D eigenvalue weighted by Gasteiger charge is 2.19. The number of pyridine rings is 1. The van der Waals surface area contributed by atoms with Gasteiger partial charge in [-0.2, -0.15) is 8.42 Å². The van der Waals surface area contributed by atoms with Gasteiger partial charge in [-0.15, -0.1) is 0 Å². The van der Waals surface area contributed by atoms with Crippen molar-refractivity contribution in [3.8, 4) is 0 Å². The molecular weight excluding hydrogens is 256 g/mol. The number of nitrogens with one attached hydrogen (secondary N) is 1. The normalized spacial score (nSPS) is 11.4. The molecule has 2 rings (SSSR count). The number of furan rings is 1. The minimum atomic E-state index is -3.79. The van der Waals surface area contributed by atoms with Crippen molar-refractivity contribution in [1.29, 1.82) is 0 Å². The van der Waals surface area contributed by atoms with Crippen LogP contribution in [0.25, 0.3) is 0 Å². The number of aromatic nitrogens is 1. The van der Waals surface area contributed by atoms with Crippen molar-refractivity contribution >= 4 is 15.7 Å². The maximum atomic E-state index is 12.0. The smallest absolute Gasteiger partial charge is 0.295 e. The van der Waals surface area contributed by atoms with E-state index in [0.717, 1.165) is 0 Å². The molecule has 0 saturated carbocycles. The van der Waals surface area contributed by atoms with Gasteiger partial charge in [-0.3, -0.25) is 9.71 Å². The van der Waals surface area contributed by atoms with Crippen LogP contribution in [-0.2, 0) is 16.6 Å². The Balaban J connectivity index is 2.30. The predicted octanol–water partition coefficient (Wildman–Crippen LogP) is 1.28. The van der Waals surface area contributed by atoms with Crippen molar-refractivity contribution in [2.45, 2.75) is 18.6 Å². The van der Waals surface area contributed by atoms with Gasteiger partial charge in [0.1, 0.15) is 12.4 Å². The van der Waals surface area contributed by atoms with Gasteiger partial charge in [0.15, 0.2) is 0 Å². The monoisotopic (exact) mass is 268 g/mol. The fourth-order valence-corrected chi connectivity index (χ4v) is 2.44. The van der Waals surface area contributed by atoms with Crippen LogP contribution in [0.15, 0.2) is 40.0 Å². The number of rotatable bonds is 4. The molecule has 0 aromatic carbocycles. The summed E-state index contributed by atoms with van der Waals surface area (Å²) < 4.78 is 31.3. The van der Waals surface area contributed by atoms with Crippen molar-refractivity contribution in [2.24, 2.45) is 0 Å². The van der Waals surface area contributed by atoms with Crippen LogP contribution in [-0.4, -0.2) is 18.5 Å². The van der Waals surface area contributed by atoms with Crippen molar-refractivity contribution in [1.82, 2.24) is 4.98 Å². The van der Waals surface area contributed by atoms with E-state index < -0.39 is 10.0 Å². The van der Waals surface area contributed by atoms with Crippen molar-refractivity contribution < 1.29 is 17.9 Å². The molecule has 0 spiro atoms. The first kappa shape index (κ1) is 12.6. The lowest BCUT2D eigenvalue weighted by Gasteiger charge is -2.07. The molecule has 2 aromatic rings. The number of nitrogens with zero attached hydrogens (tertiary/aromatic N) is 1. The molecule has 0 radical (unpaired) electrons. The SMILES string of the molecule is Cc1ncccc1NS(=O)(=O)c1ccc(CO)o1. The van der Waals surface area contributed by atoms with E-state index in [1.54, 1.807) is 25.3 Å². The summed E-state index contributed by atoms with van der Waals surface area (Å²) in [4.78, 5) is 3.98. The maximum Gasteiger partial charge on any atom is 0.295 e. The second kappa shape index (κ2) is 4.79. The minimum absolute atomic E-state index is 0.193. The minimum Gasteiger partial charge on any atom is -0.445 e. The molecule has 0 amide bonds. The van der Waals surface area contributed by atoms with Gasteiger partial charge in [-0.05, 0) is 31.2 Å². The third-order valence-electron chi connectivity index (χ3n) is 2.31. The van der Waals surface area contributed by atoms with E-state index in [4.69, 9.17) is 9.52 Å². The zero-order chi connectivity index (χ0) is 13.2. The molecule has 0 aliphatic carbocycles. The largest absolute Gasteiger partial charge is 0.445 e. The quantitative estimate of drug-likeness (QED) is 0.871. The Kier molecular flexibility index (Phi) is 3.35. The molecule has 0 atom stereocenters. The van der Waals surface area contributed by atoms with E-state index >= 15 is 0 Å². The zero-order valence-corrected chi connectivity index (χ0v) is 10.4. The van der Waals surface area contributed by atoms with Gasteiger partial charge in [0.25, 0.3) is 10.0 Å². The average molecular weight is 268 g/mol. The van der Waals surface area contributed by atoms with Crippen LogP contribution >= 0.6 is 0 Å².